The summed E-state index contributed by atoms with van der Waals surface area (Å²) in [5, 5.41) is 1.08. The summed E-state index contributed by atoms with van der Waals surface area (Å²) in [6.45, 7) is 6.33. The second kappa shape index (κ2) is 6.79. The highest BCUT2D eigenvalue weighted by Crippen LogP contribution is 2.27. The van der Waals surface area contributed by atoms with Crippen LogP contribution in [-0.2, 0) is 6.54 Å². The molecular formula is C19H14ClN3OS2. The summed E-state index contributed by atoms with van der Waals surface area (Å²) in [7, 11) is 0. The summed E-state index contributed by atoms with van der Waals surface area (Å²) in [5.74, 6) is -0.334. The van der Waals surface area contributed by atoms with Crippen LogP contribution >= 0.6 is 34.3 Å². The zero-order valence-corrected chi connectivity index (χ0v) is 16.3. The summed E-state index contributed by atoms with van der Waals surface area (Å²) < 4.78 is 3.98. The SMILES string of the molecule is C=CCn1c(=NC(=O)c2nc3ccccc3s2)sc2ccc(Cl)c(C)c21. The number of benzene rings is 2. The molecule has 2 aromatic carbocycles. The molecule has 4 nitrogen and oxygen atoms in total. The Bertz CT molecular complexity index is 1200. The van der Waals surface area contributed by atoms with Crippen LogP contribution in [0.15, 0.2) is 54.0 Å². The van der Waals surface area contributed by atoms with Gasteiger partial charge in [-0.25, -0.2) is 4.98 Å². The van der Waals surface area contributed by atoms with Crippen LogP contribution in [0, 0.1) is 6.92 Å². The average molecular weight is 400 g/mol. The van der Waals surface area contributed by atoms with E-state index in [1.807, 2.05) is 47.9 Å². The maximum atomic E-state index is 12.7. The van der Waals surface area contributed by atoms with Gasteiger partial charge in [-0.1, -0.05) is 41.1 Å². The predicted octanol–water partition coefficient (Wildman–Crippen LogP) is 5.20. The molecule has 0 aliphatic heterocycles. The van der Waals surface area contributed by atoms with E-state index in [0.29, 0.717) is 21.4 Å². The number of halogens is 1. The van der Waals surface area contributed by atoms with Crippen LogP contribution in [0.5, 0.6) is 0 Å². The van der Waals surface area contributed by atoms with E-state index in [0.717, 1.165) is 26.0 Å². The molecule has 0 radical (unpaired) electrons. The van der Waals surface area contributed by atoms with Gasteiger partial charge in [-0.2, -0.15) is 4.99 Å². The predicted molar refractivity (Wildman–Crippen MR) is 109 cm³/mol. The number of allylic oxidation sites excluding steroid dienone is 1. The molecule has 0 aliphatic carbocycles. The minimum Gasteiger partial charge on any atom is -0.312 e. The van der Waals surface area contributed by atoms with Crippen LogP contribution in [0.1, 0.15) is 15.4 Å². The van der Waals surface area contributed by atoms with Gasteiger partial charge in [0.2, 0.25) is 0 Å². The van der Waals surface area contributed by atoms with Crippen molar-refractivity contribution in [1.29, 1.82) is 0 Å². The van der Waals surface area contributed by atoms with E-state index in [4.69, 9.17) is 11.6 Å². The fraction of sp³-hybridized carbons (Fsp3) is 0.105. The summed E-state index contributed by atoms with van der Waals surface area (Å²) in [6, 6.07) is 11.5. The molecule has 1 amide bonds. The van der Waals surface area contributed by atoms with Gasteiger partial charge in [0.15, 0.2) is 9.81 Å². The maximum Gasteiger partial charge on any atom is 0.308 e. The Morgan fingerprint density at radius 3 is 2.85 bits per heavy atom. The Hall–Kier alpha value is -2.28. The number of hydrogen-bond acceptors (Lipinski definition) is 4. The molecule has 0 unspecified atom stereocenters. The van der Waals surface area contributed by atoms with Gasteiger partial charge < -0.3 is 4.57 Å². The molecule has 7 heteroatoms. The lowest BCUT2D eigenvalue weighted by molar-refractivity contribution is 0.0997. The van der Waals surface area contributed by atoms with Crippen molar-refractivity contribution in [2.75, 3.05) is 0 Å². The number of para-hydroxylation sites is 1. The lowest BCUT2D eigenvalue weighted by atomic mass is 10.2. The van der Waals surface area contributed by atoms with E-state index in [-0.39, 0.29) is 5.91 Å². The summed E-state index contributed by atoms with van der Waals surface area (Å²) >= 11 is 9.09. The molecule has 0 saturated carbocycles. The first-order valence-electron chi connectivity index (χ1n) is 7.92. The fourth-order valence-corrected chi connectivity index (χ4v) is 4.90. The van der Waals surface area contributed by atoms with Crippen LogP contribution < -0.4 is 4.80 Å². The largest absolute Gasteiger partial charge is 0.312 e. The number of aromatic nitrogens is 2. The molecule has 26 heavy (non-hydrogen) atoms. The third kappa shape index (κ3) is 2.90. The topological polar surface area (TPSA) is 47.2 Å². The normalized spacial score (nSPS) is 12.2. The van der Waals surface area contributed by atoms with E-state index in [9.17, 15) is 4.79 Å². The highest BCUT2D eigenvalue weighted by molar-refractivity contribution is 7.20. The van der Waals surface area contributed by atoms with E-state index in [2.05, 4.69) is 16.6 Å². The summed E-state index contributed by atoms with van der Waals surface area (Å²) in [4.78, 5) is 22.1. The molecule has 0 aliphatic rings. The fourth-order valence-electron chi connectivity index (χ4n) is 2.80. The quantitative estimate of drug-likeness (QED) is 0.444. The van der Waals surface area contributed by atoms with Gasteiger partial charge in [0.05, 0.1) is 20.4 Å². The number of carbonyl (C=O) groups excluding carboxylic acids is 1. The molecule has 0 N–H and O–H groups in total. The number of carbonyl (C=O) groups is 1. The average Bonchev–Trinajstić information content (AvgIpc) is 3.21. The molecule has 2 heterocycles. The first-order chi connectivity index (χ1) is 12.6. The van der Waals surface area contributed by atoms with Crippen molar-refractivity contribution >= 4 is 60.6 Å². The first-order valence-corrected chi connectivity index (χ1v) is 9.93. The third-order valence-corrected chi connectivity index (χ3v) is 6.49. The van der Waals surface area contributed by atoms with Crippen LogP contribution in [0.2, 0.25) is 5.02 Å². The number of thiazole rings is 2. The number of amides is 1. The molecule has 4 rings (SSSR count). The number of nitrogens with zero attached hydrogens (tertiary/aromatic N) is 3. The van der Waals surface area contributed by atoms with Gasteiger partial charge in [0.1, 0.15) is 0 Å². The van der Waals surface area contributed by atoms with Crippen molar-refractivity contribution in [1.82, 2.24) is 9.55 Å². The molecule has 4 aromatic rings. The molecule has 130 valence electrons. The van der Waals surface area contributed by atoms with Crippen LogP contribution in [0.25, 0.3) is 20.4 Å². The van der Waals surface area contributed by atoms with Crippen molar-refractivity contribution in [3.8, 4) is 0 Å². The van der Waals surface area contributed by atoms with Crippen LogP contribution in [0.4, 0.5) is 0 Å². The minimum absolute atomic E-state index is 0.334. The number of aryl methyl sites for hydroxylation is 1. The van der Waals surface area contributed by atoms with E-state index < -0.39 is 0 Å². The van der Waals surface area contributed by atoms with Gasteiger partial charge in [0.25, 0.3) is 0 Å². The van der Waals surface area contributed by atoms with Gasteiger partial charge in [-0.05, 0) is 36.8 Å². The smallest absolute Gasteiger partial charge is 0.308 e. The molecular weight excluding hydrogens is 386 g/mol. The zero-order chi connectivity index (χ0) is 18.3. The number of rotatable bonds is 3. The highest BCUT2D eigenvalue weighted by Gasteiger charge is 2.14. The Morgan fingerprint density at radius 2 is 2.08 bits per heavy atom. The standard InChI is InChI=1S/C19H14ClN3OS2/c1-3-10-23-16-11(2)12(20)8-9-15(16)26-19(23)22-17(24)18-21-13-6-4-5-7-14(13)25-18/h3-9H,1,10H2,2H3. The second-order valence-corrected chi connectivity index (χ2v) is 8.15. The Labute approximate surface area is 162 Å². The highest BCUT2D eigenvalue weighted by atomic mass is 35.5. The monoisotopic (exact) mass is 399 g/mol. The molecule has 0 atom stereocenters. The van der Waals surface area contributed by atoms with Gasteiger partial charge in [-0.15, -0.1) is 17.9 Å². The number of hydrogen-bond donors (Lipinski definition) is 0. The molecule has 2 aromatic heterocycles. The van der Waals surface area contributed by atoms with Crippen molar-refractivity contribution in [3.63, 3.8) is 0 Å². The molecule has 0 bridgehead atoms. The molecule has 0 fully saturated rings. The van der Waals surface area contributed by atoms with Crippen molar-refractivity contribution in [3.05, 3.63) is 69.4 Å². The van der Waals surface area contributed by atoms with Crippen LogP contribution in [0.3, 0.4) is 0 Å². The van der Waals surface area contributed by atoms with Crippen molar-refractivity contribution < 1.29 is 4.79 Å². The third-order valence-electron chi connectivity index (χ3n) is 4.02. The maximum absolute atomic E-state index is 12.7. The Morgan fingerprint density at radius 1 is 1.27 bits per heavy atom. The molecule has 0 spiro atoms. The Kier molecular flexibility index (Phi) is 4.48. The molecule has 0 saturated heterocycles. The second-order valence-electron chi connectivity index (χ2n) is 5.71. The summed E-state index contributed by atoms with van der Waals surface area (Å²) in [5.41, 5.74) is 2.77. The van der Waals surface area contributed by atoms with Gasteiger partial charge in [0, 0.05) is 11.6 Å². The van der Waals surface area contributed by atoms with E-state index in [1.165, 1.54) is 22.7 Å². The zero-order valence-electron chi connectivity index (χ0n) is 13.9. The number of fused-ring (bicyclic) bond motifs is 2. The van der Waals surface area contributed by atoms with Gasteiger partial charge >= 0.3 is 5.91 Å². The summed E-state index contributed by atoms with van der Waals surface area (Å²) in [6.07, 6.45) is 1.79. The van der Waals surface area contributed by atoms with E-state index in [1.54, 1.807) is 6.08 Å². The lowest BCUT2D eigenvalue weighted by Crippen LogP contribution is -2.16. The van der Waals surface area contributed by atoms with Crippen LogP contribution in [-0.4, -0.2) is 15.5 Å². The lowest BCUT2D eigenvalue weighted by Gasteiger charge is -2.05. The van der Waals surface area contributed by atoms with Crippen molar-refractivity contribution in [2.24, 2.45) is 4.99 Å². The first kappa shape index (κ1) is 17.1. The van der Waals surface area contributed by atoms with E-state index >= 15 is 0 Å². The minimum atomic E-state index is -0.334. The van der Waals surface area contributed by atoms with Gasteiger partial charge in [-0.3, -0.25) is 4.79 Å². The Balaban J connectivity index is 1.89. The van der Waals surface area contributed by atoms with Crippen molar-refractivity contribution in [2.45, 2.75) is 13.5 Å².